The molecule has 3 amide bonds. The molecule has 1 saturated heterocycles. The summed E-state index contributed by atoms with van der Waals surface area (Å²) in [5, 5.41) is 8.38. The molecule has 1 aliphatic carbocycles. The summed E-state index contributed by atoms with van der Waals surface area (Å²) >= 11 is 0. The average molecular weight is 312 g/mol. The second kappa shape index (κ2) is 9.63. The van der Waals surface area contributed by atoms with Crippen molar-refractivity contribution in [3.8, 4) is 0 Å². The zero-order valence-corrected chi connectivity index (χ0v) is 13.2. The molecule has 0 radical (unpaired) electrons. The Labute approximate surface area is 132 Å². The second-order valence-corrected chi connectivity index (χ2v) is 5.97. The van der Waals surface area contributed by atoms with Gasteiger partial charge in [-0.1, -0.05) is 19.3 Å². The van der Waals surface area contributed by atoms with Crippen molar-refractivity contribution in [3.05, 3.63) is 0 Å². The Morgan fingerprint density at radius 1 is 1.05 bits per heavy atom. The highest BCUT2D eigenvalue weighted by atomic mass is 16.5. The Bertz CT molecular complexity index is 353. The van der Waals surface area contributed by atoms with E-state index in [1.165, 1.54) is 19.3 Å². The highest BCUT2D eigenvalue weighted by Gasteiger charge is 2.16. The number of nitrogens with one attached hydrogen (secondary N) is 3. The fraction of sp³-hybridized carbons (Fsp3) is 0.867. The monoisotopic (exact) mass is 312 g/mol. The maximum absolute atomic E-state index is 11.7. The van der Waals surface area contributed by atoms with E-state index in [1.54, 1.807) is 0 Å². The minimum atomic E-state index is -0.241. The topological polar surface area (TPSA) is 82.7 Å². The van der Waals surface area contributed by atoms with Crippen LogP contribution in [0.15, 0.2) is 0 Å². The molecule has 1 heterocycles. The summed E-state index contributed by atoms with van der Waals surface area (Å²) in [5.74, 6) is -0.146. The van der Waals surface area contributed by atoms with Crippen molar-refractivity contribution < 1.29 is 14.3 Å². The third kappa shape index (κ3) is 6.62. The van der Waals surface area contributed by atoms with Crippen molar-refractivity contribution in [1.82, 2.24) is 20.9 Å². The number of morpholine rings is 1. The third-order valence-corrected chi connectivity index (χ3v) is 4.20. The summed E-state index contributed by atoms with van der Waals surface area (Å²) < 4.78 is 5.27. The van der Waals surface area contributed by atoms with Gasteiger partial charge in [0.2, 0.25) is 5.91 Å². The Morgan fingerprint density at radius 3 is 2.50 bits per heavy atom. The predicted octanol–water partition coefficient (Wildman–Crippen LogP) is 0.0667. The molecule has 0 unspecified atom stereocenters. The van der Waals surface area contributed by atoms with Crippen molar-refractivity contribution in [2.24, 2.45) is 0 Å². The number of hydrogen-bond donors (Lipinski definition) is 3. The number of carbonyl (C=O) groups is 2. The van der Waals surface area contributed by atoms with Crippen LogP contribution in [0.4, 0.5) is 4.79 Å². The van der Waals surface area contributed by atoms with E-state index in [0.717, 1.165) is 45.7 Å². The van der Waals surface area contributed by atoms with E-state index in [0.29, 0.717) is 6.54 Å². The first kappa shape index (κ1) is 17.0. The first-order valence-corrected chi connectivity index (χ1v) is 8.35. The Kier molecular flexibility index (Phi) is 7.45. The number of carbonyl (C=O) groups excluding carboxylic acids is 2. The maximum atomic E-state index is 11.7. The predicted molar refractivity (Wildman–Crippen MR) is 83.7 cm³/mol. The van der Waals surface area contributed by atoms with Crippen LogP contribution in [0.1, 0.15) is 32.1 Å². The highest BCUT2D eigenvalue weighted by molar-refractivity contribution is 5.83. The van der Waals surface area contributed by atoms with Gasteiger partial charge in [-0.25, -0.2) is 4.79 Å². The van der Waals surface area contributed by atoms with E-state index in [9.17, 15) is 9.59 Å². The second-order valence-electron chi connectivity index (χ2n) is 5.97. The number of nitrogens with zero attached hydrogens (tertiary/aromatic N) is 1. The maximum Gasteiger partial charge on any atom is 0.315 e. The molecule has 2 fully saturated rings. The summed E-state index contributed by atoms with van der Waals surface area (Å²) in [6, 6.07) is 0.0216. The minimum absolute atomic E-state index is 0.0294. The van der Waals surface area contributed by atoms with E-state index in [-0.39, 0.29) is 24.5 Å². The van der Waals surface area contributed by atoms with Crippen molar-refractivity contribution in [2.75, 3.05) is 45.9 Å². The lowest BCUT2D eigenvalue weighted by atomic mass is 9.96. The van der Waals surface area contributed by atoms with Crippen LogP contribution < -0.4 is 16.0 Å². The summed E-state index contributed by atoms with van der Waals surface area (Å²) in [6.45, 7) is 4.80. The van der Waals surface area contributed by atoms with Gasteiger partial charge in [0, 0.05) is 32.2 Å². The molecule has 3 N–H and O–H groups in total. The van der Waals surface area contributed by atoms with Crippen LogP contribution in [0.5, 0.6) is 0 Å². The number of rotatable bonds is 6. The van der Waals surface area contributed by atoms with Gasteiger partial charge in [-0.3, -0.25) is 9.69 Å². The molecule has 0 aromatic heterocycles. The zero-order valence-electron chi connectivity index (χ0n) is 13.2. The molecule has 2 rings (SSSR count). The van der Waals surface area contributed by atoms with E-state index in [2.05, 4.69) is 20.9 Å². The van der Waals surface area contributed by atoms with Crippen molar-refractivity contribution in [2.45, 2.75) is 38.1 Å². The van der Waals surface area contributed by atoms with Gasteiger partial charge in [-0.05, 0) is 12.8 Å². The molecule has 2 aliphatic rings. The Morgan fingerprint density at radius 2 is 1.77 bits per heavy atom. The standard InChI is InChI=1S/C15H28N4O3/c20-14(16-6-7-19-8-10-22-11-9-19)12-17-15(21)18-13-4-2-1-3-5-13/h13H,1-12H2,(H,16,20)(H2,17,18,21). The Hall–Kier alpha value is -1.34. The smallest absolute Gasteiger partial charge is 0.315 e. The number of hydrogen-bond acceptors (Lipinski definition) is 4. The molecular weight excluding hydrogens is 284 g/mol. The third-order valence-electron chi connectivity index (χ3n) is 4.20. The van der Waals surface area contributed by atoms with E-state index < -0.39 is 0 Å². The molecule has 126 valence electrons. The largest absolute Gasteiger partial charge is 0.379 e. The van der Waals surface area contributed by atoms with Gasteiger partial charge >= 0.3 is 6.03 Å². The van der Waals surface area contributed by atoms with Gasteiger partial charge in [0.1, 0.15) is 0 Å². The minimum Gasteiger partial charge on any atom is -0.379 e. The first-order chi connectivity index (χ1) is 10.7. The summed E-state index contributed by atoms with van der Waals surface area (Å²) in [7, 11) is 0. The first-order valence-electron chi connectivity index (χ1n) is 8.35. The normalized spacial score (nSPS) is 20.4. The summed E-state index contributed by atoms with van der Waals surface area (Å²) in [5.41, 5.74) is 0. The number of amides is 3. The molecule has 22 heavy (non-hydrogen) atoms. The fourth-order valence-electron chi connectivity index (χ4n) is 2.88. The lowest BCUT2D eigenvalue weighted by molar-refractivity contribution is -0.120. The molecule has 0 bridgehead atoms. The molecule has 0 spiro atoms. The van der Waals surface area contributed by atoms with Crippen LogP contribution in [0.25, 0.3) is 0 Å². The van der Waals surface area contributed by atoms with E-state index >= 15 is 0 Å². The van der Waals surface area contributed by atoms with Gasteiger partial charge < -0.3 is 20.7 Å². The molecule has 0 aromatic rings. The van der Waals surface area contributed by atoms with E-state index in [1.807, 2.05) is 0 Å². The summed E-state index contributed by atoms with van der Waals surface area (Å²) in [6.07, 6.45) is 5.68. The van der Waals surface area contributed by atoms with Crippen LogP contribution in [-0.2, 0) is 9.53 Å². The number of urea groups is 1. The van der Waals surface area contributed by atoms with Gasteiger partial charge in [0.15, 0.2) is 0 Å². The van der Waals surface area contributed by atoms with Crippen LogP contribution >= 0.6 is 0 Å². The Balaban J connectivity index is 1.50. The summed E-state index contributed by atoms with van der Waals surface area (Å²) in [4.78, 5) is 25.7. The van der Waals surface area contributed by atoms with Crippen LogP contribution in [0.2, 0.25) is 0 Å². The fourth-order valence-corrected chi connectivity index (χ4v) is 2.88. The van der Waals surface area contributed by atoms with Gasteiger partial charge in [0.05, 0.1) is 19.8 Å². The van der Waals surface area contributed by atoms with Gasteiger partial charge in [-0.15, -0.1) is 0 Å². The van der Waals surface area contributed by atoms with Crippen LogP contribution in [-0.4, -0.2) is 68.8 Å². The molecular formula is C15H28N4O3. The molecule has 0 aromatic carbocycles. The van der Waals surface area contributed by atoms with Crippen molar-refractivity contribution in [1.29, 1.82) is 0 Å². The van der Waals surface area contributed by atoms with Gasteiger partial charge in [-0.2, -0.15) is 0 Å². The van der Waals surface area contributed by atoms with Gasteiger partial charge in [0.25, 0.3) is 0 Å². The van der Waals surface area contributed by atoms with Crippen LogP contribution in [0.3, 0.4) is 0 Å². The quantitative estimate of drug-likeness (QED) is 0.648. The molecule has 0 atom stereocenters. The number of ether oxygens (including phenoxy) is 1. The van der Waals surface area contributed by atoms with E-state index in [4.69, 9.17) is 4.74 Å². The van der Waals surface area contributed by atoms with Crippen LogP contribution in [0, 0.1) is 0 Å². The van der Waals surface area contributed by atoms with Crippen molar-refractivity contribution >= 4 is 11.9 Å². The molecule has 1 aliphatic heterocycles. The molecule has 1 saturated carbocycles. The molecule has 7 nitrogen and oxygen atoms in total. The lowest BCUT2D eigenvalue weighted by Crippen LogP contribution is -2.47. The highest BCUT2D eigenvalue weighted by Crippen LogP contribution is 2.16. The average Bonchev–Trinajstić information content (AvgIpc) is 2.55. The zero-order chi connectivity index (χ0) is 15.6. The van der Waals surface area contributed by atoms with Crippen molar-refractivity contribution in [3.63, 3.8) is 0 Å². The lowest BCUT2D eigenvalue weighted by Gasteiger charge is -2.26. The SMILES string of the molecule is O=C(CNC(=O)NC1CCCCC1)NCCN1CCOCC1. The molecule has 7 heteroatoms.